The molecule has 0 aliphatic carbocycles. The second-order valence-corrected chi connectivity index (χ2v) is 10.0. The van der Waals surface area contributed by atoms with Crippen molar-refractivity contribution >= 4 is 41.1 Å². The predicted octanol–water partition coefficient (Wildman–Crippen LogP) is 3.69. The third-order valence-corrected chi connectivity index (χ3v) is 6.86. The first-order chi connectivity index (χ1) is 17.6. The van der Waals surface area contributed by atoms with Gasteiger partial charge in [0.15, 0.2) is 12.1 Å². The zero-order chi connectivity index (χ0) is 26.7. The van der Waals surface area contributed by atoms with E-state index in [-0.39, 0.29) is 30.2 Å². The van der Waals surface area contributed by atoms with Crippen LogP contribution in [0, 0.1) is 5.92 Å². The van der Waals surface area contributed by atoms with Gasteiger partial charge < -0.3 is 19.9 Å². The minimum absolute atomic E-state index is 0.0350. The Hall–Kier alpha value is -3.59. The van der Waals surface area contributed by atoms with E-state index >= 15 is 0 Å². The monoisotopic (exact) mass is 526 g/mol. The van der Waals surface area contributed by atoms with Crippen LogP contribution in [0.25, 0.3) is 0 Å². The van der Waals surface area contributed by atoms with E-state index in [2.05, 4.69) is 5.32 Å². The topological polar surface area (TPSA) is 99.3 Å². The molecule has 0 radical (unpaired) electrons. The van der Waals surface area contributed by atoms with Gasteiger partial charge in [-0.25, -0.2) is 4.79 Å². The lowest BCUT2D eigenvalue weighted by Gasteiger charge is -2.37. The van der Waals surface area contributed by atoms with Crippen LogP contribution in [-0.4, -0.2) is 70.7 Å². The maximum atomic E-state index is 13.9. The molecule has 2 aromatic carbocycles. The molecule has 2 unspecified atom stereocenters. The molecule has 2 fully saturated rings. The Kier molecular flexibility index (Phi) is 8.02. The first kappa shape index (κ1) is 26.5. The summed E-state index contributed by atoms with van der Waals surface area (Å²) < 4.78 is 5.78. The lowest BCUT2D eigenvalue weighted by Crippen LogP contribution is -2.55. The number of carbonyl (C=O) groups is 4. The first-order valence-electron chi connectivity index (χ1n) is 12.3. The molecular formula is C27H31ClN4O5. The van der Waals surface area contributed by atoms with Crippen molar-refractivity contribution in [2.75, 3.05) is 31.5 Å². The summed E-state index contributed by atoms with van der Waals surface area (Å²) in [7, 11) is 0. The molecule has 2 saturated heterocycles. The average molecular weight is 527 g/mol. The number of hydrogen-bond donors (Lipinski definition) is 1. The molecule has 9 nitrogen and oxygen atoms in total. The van der Waals surface area contributed by atoms with Gasteiger partial charge in [-0.2, -0.15) is 0 Å². The number of benzene rings is 2. The van der Waals surface area contributed by atoms with Crippen molar-refractivity contribution in [2.45, 2.75) is 39.5 Å². The van der Waals surface area contributed by atoms with Crippen molar-refractivity contribution in [1.82, 2.24) is 14.7 Å². The molecule has 10 heteroatoms. The summed E-state index contributed by atoms with van der Waals surface area (Å²) in [5.41, 5.74) is 1.92. The molecule has 2 aromatic rings. The molecule has 0 saturated carbocycles. The van der Waals surface area contributed by atoms with E-state index in [4.69, 9.17) is 16.3 Å². The molecule has 196 valence electrons. The van der Waals surface area contributed by atoms with Gasteiger partial charge in [0.25, 0.3) is 0 Å². The Bertz CT molecular complexity index is 1190. The highest BCUT2D eigenvalue weighted by Crippen LogP contribution is 2.36. The molecular weight excluding hydrogens is 496 g/mol. The molecule has 0 spiro atoms. The van der Waals surface area contributed by atoms with Crippen LogP contribution in [0.5, 0.6) is 0 Å². The quantitative estimate of drug-likeness (QED) is 0.619. The minimum atomic E-state index is -0.925. The molecule has 4 rings (SSSR count). The number of ether oxygens (including phenoxy) is 1. The number of anilines is 1. The number of hydrogen-bond acceptors (Lipinski definition) is 5. The number of carbonyl (C=O) groups excluding carboxylic acids is 4. The number of nitrogens with one attached hydrogen (secondary N) is 1. The van der Waals surface area contributed by atoms with Crippen LogP contribution in [-0.2, 0) is 25.7 Å². The summed E-state index contributed by atoms with van der Waals surface area (Å²) in [5.74, 6) is -0.631. The van der Waals surface area contributed by atoms with Crippen LogP contribution < -0.4 is 5.32 Å². The third kappa shape index (κ3) is 6.05. The maximum Gasteiger partial charge on any atom is 0.411 e. The van der Waals surface area contributed by atoms with E-state index < -0.39 is 18.2 Å². The van der Waals surface area contributed by atoms with Gasteiger partial charge in [-0.15, -0.1) is 0 Å². The molecule has 2 heterocycles. The summed E-state index contributed by atoms with van der Waals surface area (Å²) >= 11 is 6.16. The van der Waals surface area contributed by atoms with Gasteiger partial charge >= 0.3 is 6.09 Å². The largest absolute Gasteiger partial charge is 0.438 e. The number of nitrogens with zero attached hydrogens (tertiary/aromatic N) is 3. The van der Waals surface area contributed by atoms with E-state index in [1.807, 2.05) is 6.07 Å². The van der Waals surface area contributed by atoms with Gasteiger partial charge in [0.1, 0.15) is 0 Å². The van der Waals surface area contributed by atoms with E-state index in [0.29, 0.717) is 42.5 Å². The Morgan fingerprint density at radius 1 is 1.03 bits per heavy atom. The molecule has 2 aliphatic rings. The number of rotatable bonds is 6. The predicted molar refractivity (Wildman–Crippen MR) is 139 cm³/mol. The van der Waals surface area contributed by atoms with Crippen LogP contribution in [0.4, 0.5) is 10.5 Å². The zero-order valence-corrected chi connectivity index (χ0v) is 21.9. The van der Waals surface area contributed by atoms with E-state index in [9.17, 15) is 19.2 Å². The highest BCUT2D eigenvalue weighted by Gasteiger charge is 2.48. The van der Waals surface area contributed by atoms with Crippen LogP contribution in [0.3, 0.4) is 0 Å². The number of cyclic esters (lactones) is 1. The van der Waals surface area contributed by atoms with E-state index in [0.717, 1.165) is 5.56 Å². The fourth-order valence-electron chi connectivity index (χ4n) is 4.53. The molecule has 2 atom stereocenters. The van der Waals surface area contributed by atoms with E-state index in [1.54, 1.807) is 66.1 Å². The van der Waals surface area contributed by atoms with Gasteiger partial charge in [-0.1, -0.05) is 49.7 Å². The first-order valence-corrected chi connectivity index (χ1v) is 12.7. The van der Waals surface area contributed by atoms with Gasteiger partial charge in [0.2, 0.25) is 17.7 Å². The molecule has 0 bridgehead atoms. The summed E-state index contributed by atoms with van der Waals surface area (Å²) in [6.07, 6.45) is -1.48. The van der Waals surface area contributed by atoms with Crippen LogP contribution in [0.2, 0.25) is 5.02 Å². The summed E-state index contributed by atoms with van der Waals surface area (Å²) in [6.45, 7) is 6.84. The molecule has 37 heavy (non-hydrogen) atoms. The fraction of sp³-hybridized carbons (Fsp3) is 0.407. The normalized spacial score (nSPS) is 19.7. The maximum absolute atomic E-state index is 13.9. The van der Waals surface area contributed by atoms with Crippen molar-refractivity contribution in [1.29, 1.82) is 0 Å². The Morgan fingerprint density at radius 2 is 1.70 bits per heavy atom. The summed E-state index contributed by atoms with van der Waals surface area (Å²) in [4.78, 5) is 55.8. The van der Waals surface area contributed by atoms with Gasteiger partial charge in [0, 0.05) is 49.7 Å². The van der Waals surface area contributed by atoms with Gasteiger partial charge in [-0.3, -0.25) is 19.3 Å². The highest BCUT2D eigenvalue weighted by molar-refractivity contribution is 6.30. The van der Waals surface area contributed by atoms with Gasteiger partial charge in [-0.05, 0) is 35.4 Å². The van der Waals surface area contributed by atoms with Crippen molar-refractivity contribution in [3.63, 3.8) is 0 Å². The van der Waals surface area contributed by atoms with Crippen molar-refractivity contribution in [3.8, 4) is 0 Å². The smallest absolute Gasteiger partial charge is 0.411 e. The van der Waals surface area contributed by atoms with Crippen LogP contribution in [0.15, 0.2) is 48.5 Å². The molecule has 2 aliphatic heterocycles. The number of amides is 4. The second-order valence-electron chi connectivity index (χ2n) is 9.61. The average Bonchev–Trinajstić information content (AvgIpc) is 3.19. The molecule has 4 amide bonds. The van der Waals surface area contributed by atoms with E-state index in [1.165, 1.54) is 11.8 Å². The number of halogens is 1. The van der Waals surface area contributed by atoms with Crippen molar-refractivity contribution < 1.29 is 23.9 Å². The standard InChI is InChI=1S/C27H31ClN4O5/c1-17(2)25(34)29-22-9-5-7-20(15-22)24-23(26(35)31-12-10-30(11-13-31)18(3)33)32(27(36)37-24)16-19-6-4-8-21(28)14-19/h4-9,14-15,17,23-24H,10-13,16H2,1-3H3,(H,29,34). The lowest BCUT2D eigenvalue weighted by atomic mass is 9.99. The lowest BCUT2D eigenvalue weighted by molar-refractivity contribution is -0.142. The Balaban J connectivity index is 1.64. The molecule has 0 aromatic heterocycles. The Labute approximate surface area is 221 Å². The SMILES string of the molecule is CC(=O)N1CCN(C(=O)C2C(c3cccc(NC(=O)C(C)C)c3)OC(=O)N2Cc2cccc(Cl)c2)CC1. The summed E-state index contributed by atoms with van der Waals surface area (Å²) in [5, 5.41) is 3.38. The van der Waals surface area contributed by atoms with Crippen molar-refractivity contribution in [2.24, 2.45) is 5.92 Å². The Morgan fingerprint density at radius 3 is 2.35 bits per heavy atom. The van der Waals surface area contributed by atoms with Gasteiger partial charge in [0.05, 0.1) is 6.54 Å². The minimum Gasteiger partial charge on any atom is -0.438 e. The van der Waals surface area contributed by atoms with Crippen LogP contribution in [0.1, 0.15) is 38.0 Å². The number of piperazine rings is 1. The summed E-state index contributed by atoms with van der Waals surface area (Å²) in [6, 6.07) is 13.2. The second kappa shape index (κ2) is 11.2. The molecule has 1 N–H and O–H groups in total. The highest BCUT2D eigenvalue weighted by atomic mass is 35.5. The van der Waals surface area contributed by atoms with Crippen LogP contribution >= 0.6 is 11.6 Å². The zero-order valence-electron chi connectivity index (χ0n) is 21.1. The third-order valence-electron chi connectivity index (χ3n) is 6.62. The fourth-order valence-corrected chi connectivity index (χ4v) is 4.75. The van der Waals surface area contributed by atoms with Crippen molar-refractivity contribution in [3.05, 3.63) is 64.7 Å².